The van der Waals surface area contributed by atoms with Crippen LogP contribution in [0.2, 0.25) is 0 Å². The second-order valence-corrected chi connectivity index (χ2v) is 8.40. The molecule has 0 spiro atoms. The molecule has 1 atom stereocenters. The molecular weight excluding hydrogens is 333 g/mol. The van der Waals surface area contributed by atoms with Crippen LogP contribution in [0.5, 0.6) is 0 Å². The van der Waals surface area contributed by atoms with Gasteiger partial charge < -0.3 is 10.6 Å². The third-order valence-corrected chi connectivity index (χ3v) is 6.70. The summed E-state index contributed by atoms with van der Waals surface area (Å²) in [6, 6.07) is 4.87. The summed E-state index contributed by atoms with van der Waals surface area (Å²) in [5, 5.41) is 0. The Morgan fingerprint density at radius 2 is 1.71 bits per heavy atom. The molecule has 132 valence electrons. The smallest absolute Gasteiger partial charge is 0.243 e. The van der Waals surface area contributed by atoms with Gasteiger partial charge in [-0.15, -0.1) is 0 Å². The maximum absolute atomic E-state index is 13.0. The first-order chi connectivity index (χ1) is 11.4. The standard InChI is InChI=1S/C16H22FN3O3S/c17-13-1-3-15(4-2-13)24(22,23)20-9-5-12(6-10-20)16(21)19-8-7-14(18)11-19/h1-4,12,14H,5-11,18H2. The zero-order chi connectivity index (χ0) is 17.3. The number of hydrogen-bond donors (Lipinski definition) is 1. The van der Waals surface area contributed by atoms with Crippen LogP contribution in [0.1, 0.15) is 19.3 Å². The number of piperidine rings is 1. The van der Waals surface area contributed by atoms with E-state index in [1.165, 1.54) is 16.4 Å². The van der Waals surface area contributed by atoms with Gasteiger partial charge in [-0.2, -0.15) is 4.31 Å². The Labute approximate surface area is 141 Å². The van der Waals surface area contributed by atoms with Crippen molar-refractivity contribution < 1.29 is 17.6 Å². The van der Waals surface area contributed by atoms with E-state index in [9.17, 15) is 17.6 Å². The normalized spacial score (nSPS) is 23.6. The van der Waals surface area contributed by atoms with E-state index in [0.717, 1.165) is 18.6 Å². The zero-order valence-corrected chi connectivity index (χ0v) is 14.2. The van der Waals surface area contributed by atoms with Gasteiger partial charge >= 0.3 is 0 Å². The average molecular weight is 355 g/mol. The molecule has 1 aromatic rings. The molecule has 2 N–H and O–H groups in total. The number of carbonyl (C=O) groups is 1. The monoisotopic (exact) mass is 355 g/mol. The quantitative estimate of drug-likeness (QED) is 0.869. The molecule has 2 saturated heterocycles. The van der Waals surface area contributed by atoms with Gasteiger partial charge in [0.15, 0.2) is 0 Å². The second kappa shape index (κ2) is 6.78. The minimum atomic E-state index is -3.63. The van der Waals surface area contributed by atoms with Crippen molar-refractivity contribution in [2.45, 2.75) is 30.2 Å². The van der Waals surface area contributed by atoms with Crippen molar-refractivity contribution in [3.05, 3.63) is 30.1 Å². The van der Waals surface area contributed by atoms with Crippen molar-refractivity contribution in [1.29, 1.82) is 0 Å². The van der Waals surface area contributed by atoms with E-state index >= 15 is 0 Å². The molecule has 2 aliphatic heterocycles. The van der Waals surface area contributed by atoms with E-state index in [0.29, 0.717) is 39.0 Å². The fourth-order valence-corrected chi connectivity index (χ4v) is 4.81. The average Bonchev–Trinajstić information content (AvgIpc) is 3.01. The van der Waals surface area contributed by atoms with Crippen LogP contribution in [0.15, 0.2) is 29.2 Å². The maximum Gasteiger partial charge on any atom is 0.243 e. The summed E-state index contributed by atoms with van der Waals surface area (Å²) >= 11 is 0. The van der Waals surface area contributed by atoms with Crippen LogP contribution in [0.3, 0.4) is 0 Å². The largest absolute Gasteiger partial charge is 0.341 e. The summed E-state index contributed by atoms with van der Waals surface area (Å²) in [4.78, 5) is 14.3. The summed E-state index contributed by atoms with van der Waals surface area (Å²) in [5.74, 6) is -0.529. The van der Waals surface area contributed by atoms with Gasteiger partial charge in [0.25, 0.3) is 0 Å². The number of nitrogens with zero attached hydrogens (tertiary/aromatic N) is 2. The predicted molar refractivity (Wildman–Crippen MR) is 87.1 cm³/mol. The molecule has 0 bridgehead atoms. The van der Waals surface area contributed by atoms with E-state index in [4.69, 9.17) is 5.73 Å². The van der Waals surface area contributed by atoms with Gasteiger partial charge in [0.1, 0.15) is 5.82 Å². The Balaban J connectivity index is 1.62. The third-order valence-electron chi connectivity index (χ3n) is 4.79. The van der Waals surface area contributed by atoms with Crippen LogP contribution in [0, 0.1) is 11.7 Å². The lowest BCUT2D eigenvalue weighted by molar-refractivity contribution is -0.135. The van der Waals surface area contributed by atoms with Crippen LogP contribution < -0.4 is 5.73 Å². The number of halogens is 1. The molecule has 6 nitrogen and oxygen atoms in total. The van der Waals surface area contributed by atoms with Crippen LogP contribution in [0.4, 0.5) is 4.39 Å². The Kier molecular flexibility index (Phi) is 4.89. The molecule has 0 aliphatic carbocycles. The lowest BCUT2D eigenvalue weighted by Gasteiger charge is -2.32. The molecule has 0 aromatic heterocycles. The summed E-state index contributed by atoms with van der Waals surface area (Å²) in [7, 11) is -3.63. The van der Waals surface area contributed by atoms with Crippen molar-refractivity contribution in [2.75, 3.05) is 26.2 Å². The van der Waals surface area contributed by atoms with Crippen molar-refractivity contribution in [3.63, 3.8) is 0 Å². The molecule has 1 amide bonds. The number of hydrogen-bond acceptors (Lipinski definition) is 4. The summed E-state index contributed by atoms with van der Waals surface area (Å²) in [6.07, 6.45) is 1.83. The highest BCUT2D eigenvalue weighted by Gasteiger charge is 2.35. The first-order valence-corrected chi connectivity index (χ1v) is 9.62. The van der Waals surface area contributed by atoms with Crippen LogP contribution >= 0.6 is 0 Å². The SMILES string of the molecule is NC1CCN(C(=O)C2CCN(S(=O)(=O)c3ccc(F)cc3)CC2)C1. The van der Waals surface area contributed by atoms with E-state index in [-0.39, 0.29) is 22.8 Å². The van der Waals surface area contributed by atoms with Gasteiger partial charge in [-0.25, -0.2) is 12.8 Å². The van der Waals surface area contributed by atoms with Gasteiger partial charge in [-0.05, 0) is 43.5 Å². The Morgan fingerprint density at radius 3 is 2.25 bits per heavy atom. The fraction of sp³-hybridized carbons (Fsp3) is 0.562. The number of sulfonamides is 1. The summed E-state index contributed by atoms with van der Waals surface area (Å²) in [6.45, 7) is 1.88. The molecule has 2 fully saturated rings. The Morgan fingerprint density at radius 1 is 1.08 bits per heavy atom. The van der Waals surface area contributed by atoms with Crippen molar-refractivity contribution in [2.24, 2.45) is 11.7 Å². The number of nitrogens with two attached hydrogens (primary N) is 1. The molecular formula is C16H22FN3O3S. The van der Waals surface area contributed by atoms with E-state index in [2.05, 4.69) is 0 Å². The highest BCUT2D eigenvalue weighted by Crippen LogP contribution is 2.26. The summed E-state index contributed by atoms with van der Waals surface area (Å²) < 4.78 is 39.5. The Bertz CT molecular complexity index is 700. The second-order valence-electron chi connectivity index (χ2n) is 6.47. The molecule has 0 saturated carbocycles. The summed E-state index contributed by atoms with van der Waals surface area (Å²) in [5.41, 5.74) is 5.84. The van der Waals surface area contributed by atoms with Gasteiger partial charge in [0, 0.05) is 38.1 Å². The fourth-order valence-electron chi connectivity index (χ4n) is 3.34. The lowest BCUT2D eigenvalue weighted by atomic mass is 9.97. The topological polar surface area (TPSA) is 83.7 Å². The molecule has 1 unspecified atom stereocenters. The van der Waals surface area contributed by atoms with Crippen molar-refractivity contribution in [1.82, 2.24) is 9.21 Å². The van der Waals surface area contributed by atoms with E-state index < -0.39 is 15.8 Å². The molecule has 1 aromatic carbocycles. The first kappa shape index (κ1) is 17.3. The third kappa shape index (κ3) is 3.45. The number of amides is 1. The van der Waals surface area contributed by atoms with Gasteiger partial charge in [0.2, 0.25) is 15.9 Å². The maximum atomic E-state index is 13.0. The number of likely N-dealkylation sites (tertiary alicyclic amines) is 1. The lowest BCUT2D eigenvalue weighted by Crippen LogP contribution is -2.44. The Hall–Kier alpha value is -1.51. The van der Waals surface area contributed by atoms with Crippen LogP contribution in [-0.2, 0) is 14.8 Å². The van der Waals surface area contributed by atoms with Gasteiger partial charge in [-0.3, -0.25) is 4.79 Å². The van der Waals surface area contributed by atoms with Crippen molar-refractivity contribution in [3.8, 4) is 0 Å². The van der Waals surface area contributed by atoms with Gasteiger partial charge in [-0.1, -0.05) is 0 Å². The minimum Gasteiger partial charge on any atom is -0.341 e. The van der Waals surface area contributed by atoms with Gasteiger partial charge in [0.05, 0.1) is 4.90 Å². The van der Waals surface area contributed by atoms with E-state index in [1.54, 1.807) is 4.90 Å². The zero-order valence-electron chi connectivity index (χ0n) is 13.4. The molecule has 8 heteroatoms. The highest BCUT2D eigenvalue weighted by molar-refractivity contribution is 7.89. The highest BCUT2D eigenvalue weighted by atomic mass is 32.2. The molecule has 2 heterocycles. The number of rotatable bonds is 3. The molecule has 0 radical (unpaired) electrons. The number of carbonyl (C=O) groups excluding carboxylic acids is 1. The predicted octanol–water partition coefficient (Wildman–Crippen LogP) is 0.786. The minimum absolute atomic E-state index is 0.0490. The molecule has 3 rings (SSSR count). The van der Waals surface area contributed by atoms with Crippen molar-refractivity contribution >= 4 is 15.9 Å². The van der Waals surface area contributed by atoms with E-state index in [1.807, 2.05) is 0 Å². The van der Waals surface area contributed by atoms with Crippen LogP contribution in [0.25, 0.3) is 0 Å². The molecule has 24 heavy (non-hydrogen) atoms. The first-order valence-electron chi connectivity index (χ1n) is 8.18. The number of benzene rings is 1. The molecule has 2 aliphatic rings. The van der Waals surface area contributed by atoms with Crippen LogP contribution in [-0.4, -0.2) is 55.8 Å².